The van der Waals surface area contributed by atoms with Crippen molar-refractivity contribution in [1.82, 2.24) is 10.6 Å². The van der Waals surface area contributed by atoms with Crippen molar-refractivity contribution in [2.24, 2.45) is 0 Å². The molecule has 108 valence electrons. The van der Waals surface area contributed by atoms with Gasteiger partial charge in [0.05, 0.1) is 12.1 Å². The van der Waals surface area contributed by atoms with Crippen molar-refractivity contribution in [3.05, 3.63) is 28.8 Å². The van der Waals surface area contributed by atoms with Gasteiger partial charge in [-0.1, -0.05) is 0 Å². The van der Waals surface area contributed by atoms with Crippen LogP contribution >= 0.6 is 0 Å². The second kappa shape index (κ2) is 6.55. The van der Waals surface area contributed by atoms with Crippen molar-refractivity contribution >= 4 is 23.6 Å². The van der Waals surface area contributed by atoms with Crippen LogP contribution in [0.4, 0.5) is 10.5 Å². The van der Waals surface area contributed by atoms with Gasteiger partial charge in [-0.15, -0.1) is 0 Å². The van der Waals surface area contributed by atoms with Crippen LogP contribution in [0.1, 0.15) is 21.5 Å². The van der Waals surface area contributed by atoms with Crippen LogP contribution in [0.5, 0.6) is 0 Å². The van der Waals surface area contributed by atoms with E-state index in [1.807, 2.05) is 0 Å². The van der Waals surface area contributed by atoms with Crippen LogP contribution in [0, 0.1) is 13.8 Å². The zero-order chi connectivity index (χ0) is 15.3. The normalized spacial score (nSPS) is 9.75. The predicted molar refractivity (Wildman–Crippen MR) is 74.0 cm³/mol. The van der Waals surface area contributed by atoms with Crippen molar-refractivity contribution < 1.29 is 19.5 Å². The Bertz CT molecular complexity index is 555. The van der Waals surface area contributed by atoms with E-state index < -0.39 is 12.0 Å². The molecular formula is C13H17N3O4. The molecule has 1 aromatic rings. The molecule has 3 amide bonds. The summed E-state index contributed by atoms with van der Waals surface area (Å²) in [6, 6.07) is 2.47. The van der Waals surface area contributed by atoms with Crippen LogP contribution in [0.15, 0.2) is 12.1 Å². The Morgan fingerprint density at radius 3 is 2.40 bits per heavy atom. The second-order valence-electron chi connectivity index (χ2n) is 4.25. The molecule has 0 aliphatic heterocycles. The highest BCUT2D eigenvalue weighted by Gasteiger charge is 2.12. The fraction of sp³-hybridized carbons (Fsp3) is 0.308. The first-order chi connectivity index (χ1) is 9.35. The average molecular weight is 279 g/mol. The molecule has 0 bridgehead atoms. The Labute approximate surface area is 116 Å². The first-order valence-electron chi connectivity index (χ1n) is 5.95. The molecule has 0 radical (unpaired) electrons. The Morgan fingerprint density at radius 1 is 1.20 bits per heavy atom. The van der Waals surface area contributed by atoms with Crippen LogP contribution in [0.25, 0.3) is 0 Å². The van der Waals surface area contributed by atoms with Crippen LogP contribution in [0.3, 0.4) is 0 Å². The van der Waals surface area contributed by atoms with Gasteiger partial charge >= 0.3 is 12.0 Å². The number of benzene rings is 1. The minimum absolute atomic E-state index is 0.131. The van der Waals surface area contributed by atoms with E-state index in [0.717, 1.165) is 5.56 Å². The molecule has 0 aliphatic carbocycles. The molecule has 0 aliphatic rings. The number of hydrogen-bond donors (Lipinski definition) is 4. The largest absolute Gasteiger partial charge is 0.478 e. The zero-order valence-corrected chi connectivity index (χ0v) is 11.5. The van der Waals surface area contributed by atoms with Crippen molar-refractivity contribution in [3.63, 3.8) is 0 Å². The first-order valence-corrected chi connectivity index (χ1v) is 5.95. The lowest BCUT2D eigenvalue weighted by molar-refractivity contribution is -0.119. The number of urea groups is 1. The van der Waals surface area contributed by atoms with Gasteiger partial charge in [-0.25, -0.2) is 9.59 Å². The topological polar surface area (TPSA) is 108 Å². The number of rotatable bonds is 4. The summed E-state index contributed by atoms with van der Waals surface area (Å²) in [6.07, 6.45) is 0. The molecule has 0 atom stereocenters. The molecule has 7 heteroatoms. The Hall–Kier alpha value is -2.57. The molecule has 0 saturated heterocycles. The number of hydrogen-bond acceptors (Lipinski definition) is 3. The second-order valence-corrected chi connectivity index (χ2v) is 4.25. The number of amides is 3. The minimum Gasteiger partial charge on any atom is -0.478 e. The lowest BCUT2D eigenvalue weighted by Crippen LogP contribution is -2.37. The number of likely N-dealkylation sites (N-methyl/N-ethyl adjacent to an activating group) is 1. The van der Waals surface area contributed by atoms with Gasteiger partial charge in [0.1, 0.15) is 0 Å². The monoisotopic (exact) mass is 279 g/mol. The van der Waals surface area contributed by atoms with E-state index in [9.17, 15) is 14.4 Å². The van der Waals surface area contributed by atoms with E-state index in [1.54, 1.807) is 19.9 Å². The van der Waals surface area contributed by atoms with Gasteiger partial charge in [0.15, 0.2) is 0 Å². The molecule has 1 rings (SSSR count). The molecule has 0 fully saturated rings. The van der Waals surface area contributed by atoms with Crippen molar-refractivity contribution in [2.75, 3.05) is 18.9 Å². The number of nitrogens with one attached hydrogen (secondary N) is 3. The number of carbonyl (C=O) groups is 3. The summed E-state index contributed by atoms with van der Waals surface area (Å²) >= 11 is 0. The summed E-state index contributed by atoms with van der Waals surface area (Å²) < 4.78 is 0. The third-order valence-electron chi connectivity index (χ3n) is 2.84. The van der Waals surface area contributed by atoms with Crippen LogP contribution in [-0.2, 0) is 4.79 Å². The number of carboxylic acids is 1. The van der Waals surface area contributed by atoms with E-state index >= 15 is 0 Å². The average Bonchev–Trinajstić information content (AvgIpc) is 2.39. The zero-order valence-electron chi connectivity index (χ0n) is 11.5. The number of carboxylic acid groups (broad SMARTS) is 1. The highest BCUT2D eigenvalue weighted by molar-refractivity contribution is 5.95. The predicted octanol–water partition coefficient (Wildman–Crippen LogP) is 0.869. The van der Waals surface area contributed by atoms with E-state index in [2.05, 4.69) is 16.0 Å². The fourth-order valence-electron chi connectivity index (χ4n) is 1.58. The van der Waals surface area contributed by atoms with Crippen molar-refractivity contribution in [3.8, 4) is 0 Å². The minimum atomic E-state index is -1.06. The quantitative estimate of drug-likeness (QED) is 0.656. The molecular weight excluding hydrogens is 262 g/mol. The SMILES string of the molecule is CNC(=O)CNC(=O)Nc1cc(C)c(C)c(C(=O)O)c1. The molecule has 1 aromatic carbocycles. The van der Waals surface area contributed by atoms with Gasteiger partial charge in [-0.2, -0.15) is 0 Å². The smallest absolute Gasteiger partial charge is 0.336 e. The maximum Gasteiger partial charge on any atom is 0.336 e. The lowest BCUT2D eigenvalue weighted by Gasteiger charge is -2.11. The number of anilines is 1. The van der Waals surface area contributed by atoms with Crippen LogP contribution in [0.2, 0.25) is 0 Å². The van der Waals surface area contributed by atoms with E-state index in [4.69, 9.17) is 5.11 Å². The molecule has 20 heavy (non-hydrogen) atoms. The van der Waals surface area contributed by atoms with Crippen molar-refractivity contribution in [2.45, 2.75) is 13.8 Å². The third-order valence-corrected chi connectivity index (χ3v) is 2.84. The summed E-state index contributed by atoms with van der Waals surface area (Å²) in [6.45, 7) is 3.31. The third kappa shape index (κ3) is 3.98. The van der Waals surface area contributed by atoms with Gasteiger partial charge < -0.3 is 21.1 Å². The first kappa shape index (κ1) is 15.5. The Morgan fingerprint density at radius 2 is 1.85 bits per heavy atom. The standard InChI is InChI=1S/C13H17N3O4/c1-7-4-9(5-10(8(7)2)12(18)19)16-13(20)15-6-11(17)14-3/h4-5H,6H2,1-3H3,(H,14,17)(H,18,19)(H2,15,16,20). The molecule has 7 nitrogen and oxygen atoms in total. The van der Waals surface area contributed by atoms with Gasteiger partial charge in [0.25, 0.3) is 0 Å². The Balaban J connectivity index is 2.80. The molecule has 0 heterocycles. The van der Waals surface area contributed by atoms with E-state index in [1.165, 1.54) is 13.1 Å². The van der Waals surface area contributed by atoms with E-state index in [-0.39, 0.29) is 18.0 Å². The molecule has 0 saturated carbocycles. The number of carbonyl (C=O) groups excluding carboxylic acids is 2. The van der Waals surface area contributed by atoms with Crippen LogP contribution < -0.4 is 16.0 Å². The lowest BCUT2D eigenvalue weighted by atomic mass is 10.0. The maximum atomic E-state index is 11.6. The molecule has 0 spiro atoms. The van der Waals surface area contributed by atoms with Gasteiger partial charge in [-0.05, 0) is 37.1 Å². The summed E-state index contributed by atoms with van der Waals surface area (Å²) in [5.74, 6) is -1.38. The van der Waals surface area contributed by atoms with Gasteiger partial charge in [-0.3, -0.25) is 4.79 Å². The Kier molecular flexibility index (Phi) is 5.08. The fourth-order valence-corrected chi connectivity index (χ4v) is 1.58. The summed E-state index contributed by atoms with van der Waals surface area (Å²) in [5.41, 5.74) is 1.90. The molecule has 0 unspecified atom stereocenters. The van der Waals surface area contributed by atoms with E-state index in [0.29, 0.717) is 11.3 Å². The highest BCUT2D eigenvalue weighted by atomic mass is 16.4. The summed E-state index contributed by atoms with van der Waals surface area (Å²) in [4.78, 5) is 33.6. The van der Waals surface area contributed by atoms with Gasteiger partial charge in [0, 0.05) is 12.7 Å². The molecule has 0 aromatic heterocycles. The van der Waals surface area contributed by atoms with Crippen LogP contribution in [-0.4, -0.2) is 36.6 Å². The number of aryl methyl sites for hydroxylation is 1. The summed E-state index contributed by atoms with van der Waals surface area (Å²) in [5, 5.41) is 16.3. The van der Waals surface area contributed by atoms with Crippen molar-refractivity contribution in [1.29, 1.82) is 0 Å². The molecule has 4 N–H and O–H groups in total. The van der Waals surface area contributed by atoms with Gasteiger partial charge in [0.2, 0.25) is 5.91 Å². The summed E-state index contributed by atoms with van der Waals surface area (Å²) in [7, 11) is 1.46. The number of aromatic carboxylic acids is 1. The highest BCUT2D eigenvalue weighted by Crippen LogP contribution is 2.19. The maximum absolute atomic E-state index is 11.6.